The third-order valence-electron chi connectivity index (χ3n) is 2.97. The fourth-order valence-corrected chi connectivity index (χ4v) is 3.52. The molecule has 5 nitrogen and oxygen atoms in total. The molecule has 1 aromatic rings. The van der Waals surface area contributed by atoms with Gasteiger partial charge in [0, 0.05) is 17.0 Å². The van der Waals surface area contributed by atoms with Crippen LogP contribution in [0.3, 0.4) is 0 Å². The summed E-state index contributed by atoms with van der Waals surface area (Å²) in [7, 11) is -3.51. The summed E-state index contributed by atoms with van der Waals surface area (Å²) in [5.41, 5.74) is 1.53. The van der Waals surface area contributed by atoms with Crippen molar-refractivity contribution >= 4 is 33.4 Å². The third-order valence-corrected chi connectivity index (χ3v) is 5.38. The highest BCUT2D eigenvalue weighted by Crippen LogP contribution is 2.22. The van der Waals surface area contributed by atoms with E-state index in [0.29, 0.717) is 12.2 Å². The van der Waals surface area contributed by atoms with Crippen LogP contribution in [0.25, 0.3) is 0 Å². The number of hydrogen-bond donors (Lipinski definition) is 1. The molecule has 0 atom stereocenters. The Morgan fingerprint density at radius 2 is 1.78 bits per heavy atom. The molecule has 130 valence electrons. The smallest absolute Gasteiger partial charge is 0.240 e. The van der Waals surface area contributed by atoms with Gasteiger partial charge in [-0.1, -0.05) is 38.5 Å². The largest absolute Gasteiger partial charge is 0.354 e. The fourth-order valence-electron chi connectivity index (χ4n) is 1.85. The van der Waals surface area contributed by atoms with E-state index in [1.165, 1.54) is 0 Å². The molecular weight excluding hydrogens is 332 g/mol. The van der Waals surface area contributed by atoms with Crippen molar-refractivity contribution in [3.05, 3.63) is 29.8 Å². The van der Waals surface area contributed by atoms with Crippen LogP contribution in [0.5, 0.6) is 0 Å². The first-order chi connectivity index (χ1) is 10.5. The van der Waals surface area contributed by atoms with E-state index in [4.69, 9.17) is 0 Å². The lowest BCUT2D eigenvalue weighted by molar-refractivity contribution is -0.119. The maximum atomic E-state index is 12.0. The van der Waals surface area contributed by atoms with Crippen LogP contribution in [0.15, 0.2) is 24.3 Å². The van der Waals surface area contributed by atoms with Crippen LogP contribution in [0.2, 0.25) is 0 Å². The topological polar surface area (TPSA) is 66.5 Å². The number of nitrogens with zero attached hydrogens (tertiary/aromatic N) is 1. The molecule has 23 heavy (non-hydrogen) atoms. The summed E-state index contributed by atoms with van der Waals surface area (Å²) >= 11 is 1.75. The number of amides is 1. The number of rotatable bonds is 7. The van der Waals surface area contributed by atoms with Gasteiger partial charge in [0.05, 0.1) is 11.9 Å². The average Bonchev–Trinajstić information content (AvgIpc) is 2.40. The number of aryl methyl sites for hydroxylation is 1. The summed E-state index contributed by atoms with van der Waals surface area (Å²) in [6.07, 6.45) is 1.11. The number of anilines is 1. The van der Waals surface area contributed by atoms with E-state index >= 15 is 0 Å². The lowest BCUT2D eigenvalue weighted by Crippen LogP contribution is -2.41. The second-order valence-electron chi connectivity index (χ2n) is 6.42. The number of hydrogen-bond acceptors (Lipinski definition) is 4. The van der Waals surface area contributed by atoms with Crippen molar-refractivity contribution in [3.63, 3.8) is 0 Å². The van der Waals surface area contributed by atoms with Gasteiger partial charge in [0.25, 0.3) is 0 Å². The molecule has 0 fully saturated rings. The van der Waals surface area contributed by atoms with Crippen molar-refractivity contribution in [1.29, 1.82) is 0 Å². The molecule has 0 heterocycles. The maximum absolute atomic E-state index is 12.0. The number of nitrogens with one attached hydrogen (secondary N) is 1. The van der Waals surface area contributed by atoms with E-state index < -0.39 is 10.0 Å². The molecule has 0 saturated heterocycles. The predicted molar refractivity (Wildman–Crippen MR) is 98.6 cm³/mol. The van der Waals surface area contributed by atoms with Gasteiger partial charge in [0.2, 0.25) is 15.9 Å². The molecule has 0 aliphatic carbocycles. The molecule has 0 radical (unpaired) electrons. The normalized spacial score (nSPS) is 12.0. The van der Waals surface area contributed by atoms with Gasteiger partial charge in [0.1, 0.15) is 6.54 Å². The molecule has 1 rings (SSSR count). The first kappa shape index (κ1) is 19.8. The summed E-state index contributed by atoms with van der Waals surface area (Å²) in [6.45, 7) is 8.58. The van der Waals surface area contributed by atoms with Gasteiger partial charge >= 0.3 is 0 Å². The molecule has 1 N–H and O–H groups in total. The second-order valence-corrected chi connectivity index (χ2v) is 10.2. The summed E-state index contributed by atoms with van der Waals surface area (Å²) in [6, 6.07) is 7.06. The van der Waals surface area contributed by atoms with Gasteiger partial charge in [-0.2, -0.15) is 11.8 Å². The predicted octanol–water partition coefficient (Wildman–Crippen LogP) is 2.41. The monoisotopic (exact) mass is 358 g/mol. The Kier molecular flexibility index (Phi) is 6.95. The number of carbonyl (C=O) groups excluding carboxylic acids is 1. The van der Waals surface area contributed by atoms with Crippen molar-refractivity contribution in [2.24, 2.45) is 0 Å². The van der Waals surface area contributed by atoms with Gasteiger partial charge < -0.3 is 5.32 Å². The van der Waals surface area contributed by atoms with Crippen LogP contribution in [0.4, 0.5) is 5.69 Å². The maximum Gasteiger partial charge on any atom is 0.240 e. The minimum Gasteiger partial charge on any atom is -0.354 e. The molecule has 1 amide bonds. The first-order valence-corrected chi connectivity index (χ1v) is 10.3. The minimum atomic E-state index is -3.51. The van der Waals surface area contributed by atoms with E-state index in [9.17, 15) is 13.2 Å². The van der Waals surface area contributed by atoms with E-state index in [1.54, 1.807) is 23.9 Å². The lowest BCUT2D eigenvalue weighted by Gasteiger charge is -2.22. The van der Waals surface area contributed by atoms with Gasteiger partial charge in [0.15, 0.2) is 0 Å². The number of thioether (sulfide) groups is 1. The zero-order valence-electron chi connectivity index (χ0n) is 14.4. The highest BCUT2D eigenvalue weighted by Gasteiger charge is 2.20. The van der Waals surface area contributed by atoms with Crippen molar-refractivity contribution < 1.29 is 13.2 Å². The van der Waals surface area contributed by atoms with Gasteiger partial charge in [-0.3, -0.25) is 9.10 Å². The molecule has 0 aliphatic heterocycles. The fraction of sp³-hybridized carbons (Fsp3) is 0.562. The standard InChI is InChI=1S/C16H26N2O3S2/c1-13-6-8-14(9-7-13)18(23(5,20)21)12-15(19)17-10-11-22-16(2,3)4/h6-9H,10-12H2,1-5H3,(H,17,19). The molecule has 0 aliphatic rings. The van der Waals surface area contributed by atoms with Crippen LogP contribution in [0, 0.1) is 6.92 Å². The van der Waals surface area contributed by atoms with Gasteiger partial charge in [-0.05, 0) is 19.1 Å². The van der Waals surface area contributed by atoms with E-state index in [-0.39, 0.29) is 17.2 Å². The highest BCUT2D eigenvalue weighted by atomic mass is 32.2. The van der Waals surface area contributed by atoms with E-state index in [2.05, 4.69) is 26.1 Å². The molecule has 0 unspecified atom stereocenters. The Balaban J connectivity index is 2.65. The summed E-state index contributed by atoms with van der Waals surface area (Å²) in [5.74, 6) is 0.490. The van der Waals surface area contributed by atoms with Crippen molar-refractivity contribution in [1.82, 2.24) is 5.32 Å². The molecule has 1 aromatic carbocycles. The molecular formula is C16H26N2O3S2. The zero-order valence-corrected chi connectivity index (χ0v) is 16.1. The molecule has 7 heteroatoms. The second kappa shape index (κ2) is 8.06. The summed E-state index contributed by atoms with van der Waals surface area (Å²) in [4.78, 5) is 12.0. The molecule has 0 spiro atoms. The molecule has 0 aromatic heterocycles. The summed E-state index contributed by atoms with van der Waals surface area (Å²) < 4.78 is 25.2. The van der Waals surface area contributed by atoms with Crippen LogP contribution in [-0.4, -0.2) is 44.2 Å². The number of carbonyl (C=O) groups is 1. The SMILES string of the molecule is Cc1ccc(N(CC(=O)NCCSC(C)(C)C)S(C)(=O)=O)cc1. The first-order valence-electron chi connectivity index (χ1n) is 7.44. The van der Waals surface area contributed by atoms with Crippen LogP contribution >= 0.6 is 11.8 Å². The quantitative estimate of drug-likeness (QED) is 0.760. The summed E-state index contributed by atoms with van der Waals surface area (Å²) in [5, 5.41) is 2.77. The van der Waals surface area contributed by atoms with Crippen molar-refractivity contribution in [2.75, 3.05) is 29.4 Å². The van der Waals surface area contributed by atoms with Gasteiger partial charge in [-0.25, -0.2) is 8.42 Å². The van der Waals surface area contributed by atoms with Crippen molar-refractivity contribution in [2.45, 2.75) is 32.4 Å². The van der Waals surface area contributed by atoms with Gasteiger partial charge in [-0.15, -0.1) is 0 Å². The molecule has 0 bridgehead atoms. The minimum absolute atomic E-state index is 0.144. The van der Waals surface area contributed by atoms with E-state index in [1.807, 2.05) is 19.1 Å². The third kappa shape index (κ3) is 7.74. The Morgan fingerprint density at radius 1 is 1.22 bits per heavy atom. The Morgan fingerprint density at radius 3 is 2.26 bits per heavy atom. The number of benzene rings is 1. The van der Waals surface area contributed by atoms with Crippen LogP contribution in [-0.2, 0) is 14.8 Å². The number of sulfonamides is 1. The Bertz CT molecular complexity index is 620. The highest BCUT2D eigenvalue weighted by molar-refractivity contribution is 8.00. The van der Waals surface area contributed by atoms with Crippen LogP contribution in [0.1, 0.15) is 26.3 Å². The zero-order chi connectivity index (χ0) is 17.7. The van der Waals surface area contributed by atoms with E-state index in [0.717, 1.165) is 21.9 Å². The Labute approximate surface area is 143 Å². The van der Waals surface area contributed by atoms with Crippen molar-refractivity contribution in [3.8, 4) is 0 Å². The van der Waals surface area contributed by atoms with Crippen LogP contribution < -0.4 is 9.62 Å². The Hall–Kier alpha value is -1.21. The lowest BCUT2D eigenvalue weighted by atomic mass is 10.2. The average molecular weight is 359 g/mol. The molecule has 0 saturated carbocycles.